The number of carbonyl (C=O) groups excluding carboxylic acids is 1. The number of fused-ring (bicyclic) bond motifs is 1. The predicted molar refractivity (Wildman–Crippen MR) is 105 cm³/mol. The first kappa shape index (κ1) is 17.9. The van der Waals surface area contributed by atoms with E-state index in [1.807, 2.05) is 29.3 Å². The highest BCUT2D eigenvalue weighted by Gasteiger charge is 2.16. The van der Waals surface area contributed by atoms with Crippen molar-refractivity contribution in [1.29, 1.82) is 0 Å². The molecule has 3 rings (SSSR count). The number of aromatic nitrogens is 1. The first-order valence-corrected chi connectivity index (χ1v) is 9.60. The summed E-state index contributed by atoms with van der Waals surface area (Å²) in [6, 6.07) is 10.3. The number of rotatable bonds is 5. The van der Waals surface area contributed by atoms with E-state index < -0.39 is 0 Å². The molecule has 0 spiro atoms. The van der Waals surface area contributed by atoms with Crippen molar-refractivity contribution in [1.82, 2.24) is 9.88 Å². The number of hydrogen-bond donors (Lipinski definition) is 0. The summed E-state index contributed by atoms with van der Waals surface area (Å²) in [7, 11) is 0. The van der Waals surface area contributed by atoms with E-state index in [1.54, 1.807) is 11.3 Å². The number of hydrogen-bond acceptors (Lipinski definition) is 3. The highest BCUT2D eigenvalue weighted by molar-refractivity contribution is 7.09. The summed E-state index contributed by atoms with van der Waals surface area (Å²) in [6.45, 7) is 7.09. The van der Waals surface area contributed by atoms with Crippen molar-refractivity contribution >= 4 is 39.7 Å². The molecule has 5 heteroatoms. The van der Waals surface area contributed by atoms with E-state index in [9.17, 15) is 4.79 Å². The van der Waals surface area contributed by atoms with Crippen LogP contribution in [0.15, 0.2) is 35.7 Å². The summed E-state index contributed by atoms with van der Waals surface area (Å²) >= 11 is 8.11. The number of aryl methyl sites for hydroxylation is 2. The van der Waals surface area contributed by atoms with E-state index in [4.69, 9.17) is 11.6 Å². The van der Waals surface area contributed by atoms with Crippen molar-refractivity contribution in [3.05, 3.63) is 62.4 Å². The Morgan fingerprint density at radius 2 is 2.04 bits per heavy atom. The van der Waals surface area contributed by atoms with Gasteiger partial charge in [0, 0.05) is 28.8 Å². The number of benzene rings is 1. The lowest BCUT2D eigenvalue weighted by Gasteiger charge is -2.22. The van der Waals surface area contributed by atoms with Crippen molar-refractivity contribution in [3.8, 4) is 0 Å². The Labute approximate surface area is 157 Å². The molecule has 0 saturated heterocycles. The fourth-order valence-corrected chi connectivity index (χ4v) is 3.79. The summed E-state index contributed by atoms with van der Waals surface area (Å²) in [5, 5.41) is 3.56. The van der Waals surface area contributed by atoms with Crippen LogP contribution in [-0.4, -0.2) is 15.8 Å². The third kappa shape index (κ3) is 3.86. The highest BCUT2D eigenvalue weighted by Crippen LogP contribution is 2.26. The van der Waals surface area contributed by atoms with Crippen molar-refractivity contribution < 1.29 is 4.79 Å². The third-order valence-corrected chi connectivity index (χ3v) is 5.67. The van der Waals surface area contributed by atoms with Gasteiger partial charge in [-0.25, -0.2) is 4.98 Å². The zero-order valence-electron chi connectivity index (χ0n) is 14.7. The van der Waals surface area contributed by atoms with Crippen LogP contribution < -0.4 is 0 Å². The van der Waals surface area contributed by atoms with Crippen molar-refractivity contribution in [2.24, 2.45) is 0 Å². The lowest BCUT2D eigenvalue weighted by molar-refractivity contribution is -0.132. The molecule has 3 aromatic rings. The van der Waals surface area contributed by atoms with E-state index in [1.165, 1.54) is 5.56 Å². The average molecular weight is 373 g/mol. The van der Waals surface area contributed by atoms with E-state index in [2.05, 4.69) is 37.0 Å². The Morgan fingerprint density at radius 3 is 2.72 bits per heavy atom. The molecule has 0 saturated carbocycles. The smallest absolute Gasteiger partial charge is 0.222 e. The van der Waals surface area contributed by atoms with Crippen LogP contribution in [0, 0.1) is 13.8 Å². The van der Waals surface area contributed by atoms with Gasteiger partial charge in [-0.2, -0.15) is 0 Å². The van der Waals surface area contributed by atoms with Gasteiger partial charge in [0.25, 0.3) is 0 Å². The summed E-state index contributed by atoms with van der Waals surface area (Å²) in [4.78, 5) is 20.0. The molecule has 2 heterocycles. The normalized spacial score (nSPS) is 11.0. The molecular formula is C20H21ClN2OS. The van der Waals surface area contributed by atoms with E-state index >= 15 is 0 Å². The summed E-state index contributed by atoms with van der Waals surface area (Å²) < 4.78 is 0. The van der Waals surface area contributed by atoms with Gasteiger partial charge in [-0.1, -0.05) is 36.7 Å². The Morgan fingerprint density at radius 1 is 1.24 bits per heavy atom. The summed E-state index contributed by atoms with van der Waals surface area (Å²) in [5.74, 6) is 0.115. The molecule has 2 aromatic heterocycles. The van der Waals surface area contributed by atoms with Crippen LogP contribution in [0.3, 0.4) is 0 Å². The zero-order chi connectivity index (χ0) is 18.0. The molecule has 0 fully saturated rings. The van der Waals surface area contributed by atoms with Gasteiger partial charge in [-0.15, -0.1) is 11.3 Å². The lowest BCUT2D eigenvalue weighted by atomic mass is 10.0. The minimum absolute atomic E-state index is 0.115. The molecule has 130 valence electrons. The van der Waals surface area contributed by atoms with E-state index in [-0.39, 0.29) is 5.91 Å². The third-order valence-electron chi connectivity index (χ3n) is 4.48. The maximum atomic E-state index is 12.4. The maximum absolute atomic E-state index is 12.4. The van der Waals surface area contributed by atoms with Crippen molar-refractivity contribution in [2.75, 3.05) is 0 Å². The minimum Gasteiger partial charge on any atom is -0.333 e. The van der Waals surface area contributed by atoms with Crippen LogP contribution in [0.2, 0.25) is 5.15 Å². The predicted octanol–water partition coefficient (Wildman–Crippen LogP) is 5.51. The number of halogens is 1. The van der Waals surface area contributed by atoms with Crippen LogP contribution in [0.4, 0.5) is 0 Å². The SMILES string of the molecule is CCC(=O)N(Cc1cccs1)Cc1cc2ccc(C)c(C)c2nc1Cl. The van der Waals surface area contributed by atoms with Crippen LogP contribution in [-0.2, 0) is 17.9 Å². The molecular weight excluding hydrogens is 352 g/mol. The topological polar surface area (TPSA) is 33.2 Å². The highest BCUT2D eigenvalue weighted by atomic mass is 35.5. The number of carbonyl (C=O) groups is 1. The molecule has 0 aliphatic carbocycles. The average Bonchev–Trinajstić information content (AvgIpc) is 3.11. The summed E-state index contributed by atoms with van der Waals surface area (Å²) in [6.07, 6.45) is 0.475. The quantitative estimate of drug-likeness (QED) is 0.553. The van der Waals surface area contributed by atoms with Crippen LogP contribution in [0.25, 0.3) is 10.9 Å². The standard InChI is InChI=1S/C20H21ClN2OS/c1-4-18(24)23(12-17-6-5-9-25-17)11-16-10-15-8-7-13(2)14(3)19(15)22-20(16)21/h5-10H,4,11-12H2,1-3H3. The molecule has 0 unspecified atom stereocenters. The van der Waals surface area contributed by atoms with Gasteiger partial charge < -0.3 is 4.90 Å². The van der Waals surface area contributed by atoms with Gasteiger partial charge >= 0.3 is 0 Å². The molecule has 0 aliphatic rings. The Kier molecular flexibility index (Phi) is 5.40. The second-order valence-electron chi connectivity index (χ2n) is 6.20. The number of amides is 1. The Bertz CT molecular complexity index is 906. The molecule has 0 bridgehead atoms. The summed E-state index contributed by atoms with van der Waals surface area (Å²) in [5.41, 5.74) is 4.16. The molecule has 1 aromatic carbocycles. The number of nitrogens with zero attached hydrogens (tertiary/aromatic N) is 2. The minimum atomic E-state index is 0.115. The second kappa shape index (κ2) is 7.54. The molecule has 3 nitrogen and oxygen atoms in total. The van der Waals surface area contributed by atoms with Gasteiger partial charge in [-0.3, -0.25) is 4.79 Å². The lowest BCUT2D eigenvalue weighted by Crippen LogP contribution is -2.29. The van der Waals surface area contributed by atoms with Gasteiger partial charge in [0.2, 0.25) is 5.91 Å². The van der Waals surface area contributed by atoms with Crippen LogP contribution in [0.1, 0.15) is 34.9 Å². The van der Waals surface area contributed by atoms with Gasteiger partial charge in [0.05, 0.1) is 12.1 Å². The van der Waals surface area contributed by atoms with Crippen molar-refractivity contribution in [3.63, 3.8) is 0 Å². The molecule has 1 amide bonds. The van der Waals surface area contributed by atoms with Crippen molar-refractivity contribution in [2.45, 2.75) is 40.3 Å². The van der Waals surface area contributed by atoms with Crippen LogP contribution >= 0.6 is 22.9 Å². The fourth-order valence-electron chi connectivity index (χ4n) is 2.87. The van der Waals surface area contributed by atoms with E-state index in [0.717, 1.165) is 26.9 Å². The Balaban J connectivity index is 1.95. The zero-order valence-corrected chi connectivity index (χ0v) is 16.2. The first-order chi connectivity index (χ1) is 12.0. The molecule has 0 aliphatic heterocycles. The monoisotopic (exact) mass is 372 g/mol. The molecule has 25 heavy (non-hydrogen) atoms. The second-order valence-corrected chi connectivity index (χ2v) is 7.59. The molecule has 0 N–H and O–H groups in total. The number of pyridine rings is 1. The molecule has 0 radical (unpaired) electrons. The van der Waals surface area contributed by atoms with Crippen LogP contribution in [0.5, 0.6) is 0 Å². The first-order valence-electron chi connectivity index (χ1n) is 8.35. The van der Waals surface area contributed by atoms with Gasteiger partial charge in [0.1, 0.15) is 5.15 Å². The van der Waals surface area contributed by atoms with Gasteiger partial charge in [-0.05, 0) is 42.5 Å². The number of thiophene rings is 1. The fraction of sp³-hybridized carbons (Fsp3) is 0.300. The van der Waals surface area contributed by atoms with Gasteiger partial charge in [0.15, 0.2) is 0 Å². The largest absolute Gasteiger partial charge is 0.333 e. The Hall–Kier alpha value is -1.91. The maximum Gasteiger partial charge on any atom is 0.222 e. The molecule has 0 atom stereocenters. The van der Waals surface area contributed by atoms with E-state index in [0.29, 0.717) is 24.7 Å².